The van der Waals surface area contributed by atoms with Gasteiger partial charge in [-0.3, -0.25) is 14.7 Å². The van der Waals surface area contributed by atoms with E-state index in [0.717, 1.165) is 41.9 Å². The molecule has 37 heavy (non-hydrogen) atoms. The molecule has 0 saturated heterocycles. The van der Waals surface area contributed by atoms with Crippen LogP contribution in [0.2, 0.25) is 0 Å². The van der Waals surface area contributed by atoms with Crippen molar-refractivity contribution in [3.63, 3.8) is 0 Å². The number of aromatic amines is 1. The summed E-state index contributed by atoms with van der Waals surface area (Å²) in [4.78, 5) is 32.6. The third-order valence-corrected chi connectivity index (χ3v) is 7.23. The van der Waals surface area contributed by atoms with Crippen LogP contribution in [-0.2, 0) is 37.6 Å². The minimum atomic E-state index is -0.128. The van der Waals surface area contributed by atoms with E-state index < -0.39 is 0 Å². The maximum Gasteiger partial charge on any atom is 0.256 e. The lowest BCUT2D eigenvalue weighted by Crippen LogP contribution is -2.27. The zero-order valence-electron chi connectivity index (χ0n) is 21.8. The van der Waals surface area contributed by atoms with E-state index in [-0.39, 0.29) is 11.8 Å². The third kappa shape index (κ3) is 5.14. The molecule has 2 amide bonds. The van der Waals surface area contributed by atoms with Gasteiger partial charge < -0.3 is 14.8 Å². The SMILES string of the molecule is CCC(=O)Nc1cc(C(=O)N(C)Cc2n[nH]c3c2CCCCC3)c2c(c1)nc(Cc1ccccc1)n2C. The molecule has 0 unspecified atom stereocenters. The summed E-state index contributed by atoms with van der Waals surface area (Å²) in [6, 6.07) is 13.8. The summed E-state index contributed by atoms with van der Waals surface area (Å²) in [6.45, 7) is 2.23. The van der Waals surface area contributed by atoms with Gasteiger partial charge in [0, 0.05) is 38.3 Å². The lowest BCUT2D eigenvalue weighted by atomic mass is 10.1. The van der Waals surface area contributed by atoms with Gasteiger partial charge in [0.1, 0.15) is 5.82 Å². The van der Waals surface area contributed by atoms with Crippen LogP contribution < -0.4 is 5.32 Å². The van der Waals surface area contributed by atoms with Gasteiger partial charge in [-0.15, -0.1) is 0 Å². The van der Waals surface area contributed by atoms with Crippen molar-refractivity contribution in [2.24, 2.45) is 7.05 Å². The first-order valence-electron chi connectivity index (χ1n) is 13.1. The topological polar surface area (TPSA) is 95.9 Å². The van der Waals surface area contributed by atoms with E-state index in [1.807, 2.05) is 42.9 Å². The normalized spacial score (nSPS) is 13.3. The van der Waals surface area contributed by atoms with Gasteiger partial charge in [0.2, 0.25) is 5.91 Å². The molecule has 1 aliphatic rings. The molecule has 0 bridgehead atoms. The highest BCUT2D eigenvalue weighted by molar-refractivity contribution is 6.07. The van der Waals surface area contributed by atoms with Crippen molar-refractivity contribution in [1.82, 2.24) is 24.6 Å². The smallest absolute Gasteiger partial charge is 0.256 e. The minimum absolute atomic E-state index is 0.106. The molecule has 0 radical (unpaired) electrons. The molecule has 0 fully saturated rings. The highest BCUT2D eigenvalue weighted by Crippen LogP contribution is 2.28. The average molecular weight is 499 g/mol. The number of aryl methyl sites for hydroxylation is 2. The summed E-state index contributed by atoms with van der Waals surface area (Å²) >= 11 is 0. The van der Waals surface area contributed by atoms with E-state index >= 15 is 0 Å². The second-order valence-corrected chi connectivity index (χ2v) is 9.89. The van der Waals surface area contributed by atoms with Gasteiger partial charge in [-0.25, -0.2) is 4.98 Å². The highest BCUT2D eigenvalue weighted by atomic mass is 16.2. The van der Waals surface area contributed by atoms with E-state index in [0.29, 0.717) is 36.2 Å². The first-order valence-corrected chi connectivity index (χ1v) is 13.1. The summed E-state index contributed by atoms with van der Waals surface area (Å²) < 4.78 is 2.00. The molecule has 192 valence electrons. The Balaban J connectivity index is 1.51. The standard InChI is InChI=1S/C29H34N6O2/c1-4-27(36)30-20-16-22(28-24(17-20)31-26(35(28)3)15-19-11-7-5-8-12-19)29(37)34(2)18-25-21-13-9-6-10-14-23(21)32-33-25/h5,7-8,11-12,16-17H,4,6,9-10,13-15,18H2,1-3H3,(H,30,36)(H,32,33). The Morgan fingerprint density at radius 2 is 1.89 bits per heavy atom. The first kappa shape index (κ1) is 24.7. The fourth-order valence-electron chi connectivity index (χ4n) is 5.18. The summed E-state index contributed by atoms with van der Waals surface area (Å²) in [5.41, 5.74) is 7.09. The zero-order valence-corrected chi connectivity index (χ0v) is 21.8. The van der Waals surface area contributed by atoms with Gasteiger partial charge in [0.05, 0.1) is 28.8 Å². The first-order chi connectivity index (χ1) is 17.9. The maximum atomic E-state index is 13.9. The molecular formula is C29H34N6O2. The molecule has 2 heterocycles. The molecule has 8 heteroatoms. The second kappa shape index (κ2) is 10.6. The number of H-pyrrole nitrogens is 1. The van der Waals surface area contributed by atoms with Crippen molar-refractivity contribution in [2.45, 2.75) is 58.4 Å². The Labute approximate surface area is 217 Å². The van der Waals surface area contributed by atoms with Gasteiger partial charge in [-0.05, 0) is 48.9 Å². The van der Waals surface area contributed by atoms with Gasteiger partial charge >= 0.3 is 0 Å². The molecule has 5 rings (SSSR count). The van der Waals surface area contributed by atoms with Crippen molar-refractivity contribution < 1.29 is 9.59 Å². The van der Waals surface area contributed by atoms with Crippen LogP contribution in [0.3, 0.4) is 0 Å². The van der Waals surface area contributed by atoms with Crippen molar-refractivity contribution in [3.8, 4) is 0 Å². The van der Waals surface area contributed by atoms with Gasteiger partial charge in [0.25, 0.3) is 5.91 Å². The number of fused-ring (bicyclic) bond motifs is 2. The molecule has 2 N–H and O–H groups in total. The number of nitrogens with one attached hydrogen (secondary N) is 2. The van der Waals surface area contributed by atoms with Crippen molar-refractivity contribution in [3.05, 3.63) is 76.4 Å². The number of imidazole rings is 1. The number of carbonyl (C=O) groups excluding carboxylic acids is 2. The molecule has 2 aromatic heterocycles. The fraction of sp³-hybridized carbons (Fsp3) is 0.379. The van der Waals surface area contributed by atoms with E-state index in [9.17, 15) is 9.59 Å². The lowest BCUT2D eigenvalue weighted by molar-refractivity contribution is -0.115. The molecule has 4 aromatic rings. The van der Waals surface area contributed by atoms with Crippen LogP contribution >= 0.6 is 0 Å². The molecule has 1 aliphatic carbocycles. The third-order valence-electron chi connectivity index (χ3n) is 7.23. The predicted molar refractivity (Wildman–Crippen MR) is 145 cm³/mol. The Hall–Kier alpha value is -3.94. The van der Waals surface area contributed by atoms with E-state index in [1.54, 1.807) is 17.9 Å². The fourth-order valence-corrected chi connectivity index (χ4v) is 5.18. The van der Waals surface area contributed by atoms with Crippen LogP contribution in [0.4, 0.5) is 5.69 Å². The summed E-state index contributed by atoms with van der Waals surface area (Å²) in [7, 11) is 3.76. The quantitative estimate of drug-likeness (QED) is 0.359. The van der Waals surface area contributed by atoms with Crippen LogP contribution in [0.1, 0.15) is 71.3 Å². The van der Waals surface area contributed by atoms with Crippen LogP contribution in [0.15, 0.2) is 42.5 Å². The minimum Gasteiger partial charge on any atom is -0.336 e. The monoisotopic (exact) mass is 498 g/mol. The molecular weight excluding hydrogens is 464 g/mol. The van der Waals surface area contributed by atoms with E-state index in [1.165, 1.54) is 24.1 Å². The second-order valence-electron chi connectivity index (χ2n) is 9.89. The highest BCUT2D eigenvalue weighted by Gasteiger charge is 2.24. The average Bonchev–Trinajstić information content (AvgIpc) is 3.32. The van der Waals surface area contributed by atoms with Crippen molar-refractivity contribution >= 4 is 28.5 Å². The van der Waals surface area contributed by atoms with Gasteiger partial charge in [-0.1, -0.05) is 43.7 Å². The largest absolute Gasteiger partial charge is 0.336 e. The van der Waals surface area contributed by atoms with Crippen molar-refractivity contribution in [2.75, 3.05) is 12.4 Å². The van der Waals surface area contributed by atoms with E-state index in [2.05, 4.69) is 27.6 Å². The molecule has 0 spiro atoms. The Kier molecular flexibility index (Phi) is 7.08. The Morgan fingerprint density at radius 3 is 2.68 bits per heavy atom. The molecule has 0 aliphatic heterocycles. The van der Waals surface area contributed by atoms with Crippen molar-refractivity contribution in [1.29, 1.82) is 0 Å². The molecule has 8 nitrogen and oxygen atoms in total. The number of aromatic nitrogens is 4. The summed E-state index contributed by atoms with van der Waals surface area (Å²) in [5.74, 6) is 0.623. The van der Waals surface area contributed by atoms with Gasteiger partial charge in [0.15, 0.2) is 0 Å². The number of nitrogens with zero attached hydrogens (tertiary/aromatic N) is 4. The van der Waals surface area contributed by atoms with E-state index in [4.69, 9.17) is 4.98 Å². The molecule has 0 atom stereocenters. The number of benzene rings is 2. The number of hydrogen-bond acceptors (Lipinski definition) is 4. The summed E-state index contributed by atoms with van der Waals surface area (Å²) in [6.07, 6.45) is 6.55. The van der Waals surface area contributed by atoms with Crippen LogP contribution in [-0.4, -0.2) is 43.5 Å². The number of hydrogen-bond donors (Lipinski definition) is 2. The maximum absolute atomic E-state index is 13.9. The molecule has 0 saturated carbocycles. The van der Waals surface area contributed by atoms with Gasteiger partial charge in [-0.2, -0.15) is 5.10 Å². The Bertz CT molecular complexity index is 1440. The number of amides is 2. The Morgan fingerprint density at radius 1 is 1.11 bits per heavy atom. The number of carbonyl (C=O) groups is 2. The number of anilines is 1. The molecule has 2 aromatic carbocycles. The predicted octanol–water partition coefficient (Wildman–Crippen LogP) is 4.78. The van der Waals surface area contributed by atoms with Crippen LogP contribution in [0.25, 0.3) is 11.0 Å². The summed E-state index contributed by atoms with van der Waals surface area (Å²) in [5, 5.41) is 10.7. The zero-order chi connectivity index (χ0) is 25.9. The number of rotatable bonds is 7. The van der Waals surface area contributed by atoms with Crippen LogP contribution in [0, 0.1) is 0 Å². The van der Waals surface area contributed by atoms with Crippen LogP contribution in [0.5, 0.6) is 0 Å². The lowest BCUT2D eigenvalue weighted by Gasteiger charge is -2.19.